The molecule has 0 saturated carbocycles. The van der Waals surface area contributed by atoms with Crippen LogP contribution >= 0.6 is 0 Å². The predicted molar refractivity (Wildman–Crippen MR) is 87.2 cm³/mol. The Morgan fingerprint density at radius 2 is 2.09 bits per heavy atom. The van der Waals surface area contributed by atoms with Gasteiger partial charge < -0.3 is 14.5 Å². The monoisotopic (exact) mass is 304 g/mol. The molecule has 0 aliphatic carbocycles. The maximum atomic E-state index is 12.2. The van der Waals surface area contributed by atoms with Gasteiger partial charge in [0.2, 0.25) is 5.84 Å². The first-order valence-electron chi connectivity index (χ1n) is 7.12. The van der Waals surface area contributed by atoms with Crippen molar-refractivity contribution in [3.63, 3.8) is 0 Å². The van der Waals surface area contributed by atoms with Gasteiger partial charge in [0.15, 0.2) is 11.4 Å². The van der Waals surface area contributed by atoms with Crippen LogP contribution in [-0.2, 0) is 4.74 Å². The molecule has 22 heavy (non-hydrogen) atoms. The molecule has 1 aromatic heterocycles. The van der Waals surface area contributed by atoms with E-state index in [0.29, 0.717) is 18.0 Å². The Labute approximate surface area is 129 Å². The van der Waals surface area contributed by atoms with Crippen LogP contribution in [0, 0.1) is 0 Å². The SMILES string of the molecule is CCOC(=O)c1[nH]c2ccc(OC)cc2c1NC(C)=[N+](C)C. The fourth-order valence-corrected chi connectivity index (χ4v) is 2.08. The molecule has 6 heteroatoms. The summed E-state index contributed by atoms with van der Waals surface area (Å²) in [7, 11) is 5.48. The van der Waals surface area contributed by atoms with E-state index in [2.05, 4.69) is 10.3 Å². The average molecular weight is 304 g/mol. The molecule has 0 aliphatic rings. The van der Waals surface area contributed by atoms with Crippen molar-refractivity contribution >= 4 is 28.4 Å². The largest absolute Gasteiger partial charge is 0.497 e. The van der Waals surface area contributed by atoms with Gasteiger partial charge in [-0.15, -0.1) is 0 Å². The summed E-state index contributed by atoms with van der Waals surface area (Å²) in [5.41, 5.74) is 1.95. The summed E-state index contributed by atoms with van der Waals surface area (Å²) < 4.78 is 12.3. The normalized spacial score (nSPS) is 10.4. The lowest BCUT2D eigenvalue weighted by Gasteiger charge is -2.04. The summed E-state index contributed by atoms with van der Waals surface area (Å²) in [6.45, 7) is 4.05. The van der Waals surface area contributed by atoms with Crippen LogP contribution in [-0.4, -0.2) is 49.2 Å². The molecule has 0 spiro atoms. The zero-order valence-corrected chi connectivity index (χ0v) is 13.6. The Bertz CT molecular complexity index is 728. The van der Waals surface area contributed by atoms with Gasteiger partial charge in [-0.05, 0) is 25.1 Å². The van der Waals surface area contributed by atoms with Gasteiger partial charge in [0.25, 0.3) is 0 Å². The molecule has 118 valence electrons. The van der Waals surface area contributed by atoms with Crippen molar-refractivity contribution in [2.75, 3.05) is 33.1 Å². The zero-order valence-electron chi connectivity index (χ0n) is 13.6. The van der Waals surface area contributed by atoms with Gasteiger partial charge in [0, 0.05) is 6.92 Å². The number of nitrogens with one attached hydrogen (secondary N) is 2. The Morgan fingerprint density at radius 3 is 2.68 bits per heavy atom. The third-order valence-corrected chi connectivity index (χ3v) is 3.46. The number of hydrogen-bond acceptors (Lipinski definition) is 3. The number of hydrogen-bond donors (Lipinski definition) is 2. The van der Waals surface area contributed by atoms with Crippen LogP contribution in [0.15, 0.2) is 18.2 Å². The van der Waals surface area contributed by atoms with E-state index in [9.17, 15) is 4.79 Å². The van der Waals surface area contributed by atoms with Crippen molar-refractivity contribution in [1.29, 1.82) is 0 Å². The van der Waals surface area contributed by atoms with Gasteiger partial charge >= 0.3 is 5.97 Å². The van der Waals surface area contributed by atoms with E-state index in [-0.39, 0.29) is 5.97 Å². The van der Waals surface area contributed by atoms with E-state index in [1.54, 1.807) is 14.0 Å². The highest BCUT2D eigenvalue weighted by Crippen LogP contribution is 2.31. The molecule has 1 heterocycles. The Kier molecular flexibility index (Phi) is 4.70. The fraction of sp³-hybridized carbons (Fsp3) is 0.375. The number of nitrogens with zero attached hydrogens (tertiary/aromatic N) is 1. The third-order valence-electron chi connectivity index (χ3n) is 3.46. The molecular weight excluding hydrogens is 282 g/mol. The number of anilines is 1. The highest BCUT2D eigenvalue weighted by atomic mass is 16.5. The molecule has 0 saturated heterocycles. The topological polar surface area (TPSA) is 66.4 Å². The van der Waals surface area contributed by atoms with Crippen LogP contribution in [0.1, 0.15) is 24.3 Å². The van der Waals surface area contributed by atoms with E-state index < -0.39 is 0 Å². The van der Waals surface area contributed by atoms with E-state index in [0.717, 1.165) is 22.5 Å². The first-order valence-corrected chi connectivity index (χ1v) is 7.12. The summed E-state index contributed by atoms with van der Waals surface area (Å²) in [6, 6.07) is 5.62. The van der Waals surface area contributed by atoms with Crippen molar-refractivity contribution in [1.82, 2.24) is 4.98 Å². The molecule has 6 nitrogen and oxygen atoms in total. The van der Waals surface area contributed by atoms with Crippen molar-refractivity contribution in [2.45, 2.75) is 13.8 Å². The second-order valence-electron chi connectivity index (χ2n) is 5.11. The number of benzene rings is 1. The lowest BCUT2D eigenvalue weighted by atomic mass is 10.2. The van der Waals surface area contributed by atoms with Crippen LogP contribution in [0.3, 0.4) is 0 Å². The number of H-pyrrole nitrogens is 1. The van der Waals surface area contributed by atoms with Crippen molar-refractivity contribution in [3.05, 3.63) is 23.9 Å². The minimum absolute atomic E-state index is 0.327. The molecule has 0 unspecified atom stereocenters. The molecule has 0 fully saturated rings. The Hall–Kier alpha value is -2.50. The number of esters is 1. The quantitative estimate of drug-likeness (QED) is 0.394. The molecule has 0 bridgehead atoms. The zero-order chi connectivity index (χ0) is 16.3. The number of carbonyl (C=O) groups is 1. The van der Waals surface area contributed by atoms with Gasteiger partial charge in [-0.2, -0.15) is 0 Å². The lowest BCUT2D eigenvalue weighted by Crippen LogP contribution is -2.20. The van der Waals surface area contributed by atoms with E-state index in [1.165, 1.54) is 0 Å². The predicted octanol–water partition coefficient (Wildman–Crippen LogP) is 2.46. The summed E-state index contributed by atoms with van der Waals surface area (Å²) >= 11 is 0. The number of amidine groups is 1. The first kappa shape index (κ1) is 15.9. The summed E-state index contributed by atoms with van der Waals surface area (Å²) in [4.78, 5) is 15.3. The number of carbonyl (C=O) groups excluding carboxylic acids is 1. The average Bonchev–Trinajstić information content (AvgIpc) is 2.85. The molecule has 0 radical (unpaired) electrons. The lowest BCUT2D eigenvalue weighted by molar-refractivity contribution is -0.464. The number of ether oxygens (including phenoxy) is 2. The van der Waals surface area contributed by atoms with Crippen molar-refractivity contribution in [2.24, 2.45) is 0 Å². The Morgan fingerprint density at radius 1 is 1.36 bits per heavy atom. The number of fused-ring (bicyclic) bond motifs is 1. The van der Waals surface area contributed by atoms with Crippen LogP contribution in [0.5, 0.6) is 5.75 Å². The van der Waals surface area contributed by atoms with Crippen LogP contribution in [0.4, 0.5) is 5.69 Å². The molecule has 0 amide bonds. The number of aromatic nitrogens is 1. The Balaban J connectivity index is 2.62. The van der Waals surface area contributed by atoms with Gasteiger partial charge in [-0.3, -0.25) is 4.58 Å². The highest BCUT2D eigenvalue weighted by Gasteiger charge is 2.23. The molecule has 0 aliphatic heterocycles. The highest BCUT2D eigenvalue weighted by molar-refractivity contribution is 6.11. The molecule has 2 rings (SSSR count). The first-order chi connectivity index (χ1) is 10.5. The van der Waals surface area contributed by atoms with Crippen molar-refractivity contribution in [3.8, 4) is 5.75 Å². The molecule has 0 atom stereocenters. The van der Waals surface area contributed by atoms with Gasteiger partial charge in [0.05, 0.1) is 38.7 Å². The maximum absolute atomic E-state index is 12.2. The maximum Gasteiger partial charge on any atom is 0.359 e. The second kappa shape index (κ2) is 6.51. The van der Waals surface area contributed by atoms with Crippen LogP contribution in [0.2, 0.25) is 0 Å². The second-order valence-corrected chi connectivity index (χ2v) is 5.11. The van der Waals surface area contributed by atoms with Gasteiger partial charge in [-0.25, -0.2) is 10.1 Å². The van der Waals surface area contributed by atoms with Crippen molar-refractivity contribution < 1.29 is 18.8 Å². The molecule has 1 aromatic carbocycles. The van der Waals surface area contributed by atoms with E-state index in [1.807, 2.05) is 43.8 Å². The van der Waals surface area contributed by atoms with Gasteiger partial charge in [0.1, 0.15) is 5.75 Å². The summed E-state index contributed by atoms with van der Waals surface area (Å²) in [5.74, 6) is 1.26. The molecule has 2 N–H and O–H groups in total. The molecular formula is C16H22N3O3+. The van der Waals surface area contributed by atoms with Gasteiger partial charge in [-0.1, -0.05) is 0 Å². The standard InChI is InChI=1S/C16H21N3O3/c1-6-22-16(20)15-14(17-10(2)19(3)4)12-9-11(21-5)7-8-13(12)18-15/h7-9H,6H2,1-5H3,(H,18,20)/p+1. The number of rotatable bonds is 4. The minimum Gasteiger partial charge on any atom is -0.497 e. The smallest absolute Gasteiger partial charge is 0.359 e. The number of methoxy groups -OCH3 is 1. The molecule has 2 aromatic rings. The van der Waals surface area contributed by atoms with E-state index in [4.69, 9.17) is 9.47 Å². The summed E-state index contributed by atoms with van der Waals surface area (Å²) in [6.07, 6.45) is 0. The van der Waals surface area contributed by atoms with E-state index >= 15 is 0 Å². The van der Waals surface area contributed by atoms with Crippen LogP contribution in [0.25, 0.3) is 10.9 Å². The fourth-order valence-electron chi connectivity index (χ4n) is 2.08. The third kappa shape index (κ3) is 3.05. The summed E-state index contributed by atoms with van der Waals surface area (Å²) in [5, 5.41) is 4.16. The number of aromatic amines is 1. The minimum atomic E-state index is -0.383. The van der Waals surface area contributed by atoms with Crippen LogP contribution < -0.4 is 10.1 Å².